The number of carbonyl (C=O) groups excluding carboxylic acids is 1. The number of rotatable bonds is 5. The summed E-state index contributed by atoms with van der Waals surface area (Å²) in [6.07, 6.45) is 0.346. The average Bonchev–Trinajstić information content (AvgIpc) is 3.25. The van der Waals surface area contributed by atoms with Crippen LogP contribution in [0.2, 0.25) is 0 Å². The van der Waals surface area contributed by atoms with Crippen LogP contribution in [0.3, 0.4) is 0 Å². The van der Waals surface area contributed by atoms with E-state index in [2.05, 4.69) is 56.1 Å². The topological polar surface area (TPSA) is 33.2 Å². The Bertz CT molecular complexity index is 858. The summed E-state index contributed by atoms with van der Waals surface area (Å²) >= 11 is 3.27. The third-order valence-corrected chi connectivity index (χ3v) is 6.21. The van der Waals surface area contributed by atoms with E-state index in [1.807, 2.05) is 23.9 Å². The van der Waals surface area contributed by atoms with Crippen molar-refractivity contribution in [3.63, 3.8) is 0 Å². The van der Waals surface area contributed by atoms with Crippen LogP contribution < -0.4 is 0 Å². The van der Waals surface area contributed by atoms with E-state index in [-0.39, 0.29) is 11.3 Å². The molecule has 0 atom stereocenters. The molecule has 136 valence electrons. The number of aromatic nitrogens is 1. The molecular formula is C21H24N2OS2. The Morgan fingerprint density at radius 1 is 1.12 bits per heavy atom. The van der Waals surface area contributed by atoms with Crippen molar-refractivity contribution >= 4 is 28.6 Å². The lowest BCUT2D eigenvalue weighted by molar-refractivity contribution is -0.129. The highest BCUT2D eigenvalue weighted by atomic mass is 32.1. The molecule has 3 aromatic rings. The standard InChI is InChI=1S/C21H24N2OS2/c1-21(2,3)16-9-7-15(8-10-16)13-23(4)19(24)12-17-14-26-20(22-17)18-6-5-11-25-18/h5-11,14H,12-13H2,1-4H3. The lowest BCUT2D eigenvalue weighted by atomic mass is 9.87. The maximum Gasteiger partial charge on any atom is 0.228 e. The van der Waals surface area contributed by atoms with E-state index in [0.29, 0.717) is 13.0 Å². The molecule has 1 amide bonds. The third kappa shape index (κ3) is 4.59. The minimum atomic E-state index is 0.0907. The number of likely N-dealkylation sites (N-methyl/N-ethyl adjacent to an activating group) is 1. The summed E-state index contributed by atoms with van der Waals surface area (Å²) in [5.74, 6) is 0.0907. The molecule has 3 rings (SSSR count). The van der Waals surface area contributed by atoms with Gasteiger partial charge in [0.2, 0.25) is 5.91 Å². The van der Waals surface area contributed by atoms with E-state index in [1.54, 1.807) is 27.6 Å². The van der Waals surface area contributed by atoms with Gasteiger partial charge in [-0.1, -0.05) is 51.1 Å². The zero-order chi connectivity index (χ0) is 18.7. The van der Waals surface area contributed by atoms with Crippen molar-refractivity contribution in [2.75, 3.05) is 7.05 Å². The van der Waals surface area contributed by atoms with Crippen LogP contribution in [-0.4, -0.2) is 22.8 Å². The molecule has 0 saturated heterocycles. The van der Waals surface area contributed by atoms with Gasteiger partial charge in [0.05, 0.1) is 17.0 Å². The molecule has 0 spiro atoms. The van der Waals surface area contributed by atoms with Gasteiger partial charge in [0.1, 0.15) is 5.01 Å². The molecule has 0 fully saturated rings. The second-order valence-electron chi connectivity index (χ2n) is 7.49. The van der Waals surface area contributed by atoms with Gasteiger partial charge in [-0.15, -0.1) is 22.7 Å². The van der Waals surface area contributed by atoms with Crippen LogP contribution in [0, 0.1) is 0 Å². The van der Waals surface area contributed by atoms with Crippen LogP contribution in [-0.2, 0) is 23.2 Å². The molecule has 1 aromatic carbocycles. The van der Waals surface area contributed by atoms with Crippen LogP contribution in [0.25, 0.3) is 9.88 Å². The zero-order valence-corrected chi connectivity index (χ0v) is 17.3. The van der Waals surface area contributed by atoms with Crippen molar-refractivity contribution in [3.8, 4) is 9.88 Å². The smallest absolute Gasteiger partial charge is 0.228 e. The predicted octanol–water partition coefficient (Wildman–Crippen LogP) is 5.37. The maximum atomic E-state index is 12.5. The molecular weight excluding hydrogens is 360 g/mol. The van der Waals surface area contributed by atoms with E-state index in [1.165, 1.54) is 5.56 Å². The van der Waals surface area contributed by atoms with Crippen molar-refractivity contribution in [1.29, 1.82) is 0 Å². The summed E-state index contributed by atoms with van der Waals surface area (Å²) in [7, 11) is 1.85. The number of amides is 1. The quantitative estimate of drug-likeness (QED) is 0.592. The number of benzene rings is 1. The fourth-order valence-corrected chi connectivity index (χ4v) is 4.30. The molecule has 0 saturated carbocycles. The lowest BCUT2D eigenvalue weighted by Gasteiger charge is -2.21. The van der Waals surface area contributed by atoms with E-state index in [9.17, 15) is 4.79 Å². The second-order valence-corrected chi connectivity index (χ2v) is 9.30. The highest BCUT2D eigenvalue weighted by Gasteiger charge is 2.15. The number of thiophene rings is 1. The minimum Gasteiger partial charge on any atom is -0.341 e. The Kier molecular flexibility index (Phi) is 5.58. The minimum absolute atomic E-state index is 0.0907. The molecule has 3 nitrogen and oxygen atoms in total. The van der Waals surface area contributed by atoms with Crippen LogP contribution in [0.4, 0.5) is 0 Å². The number of carbonyl (C=O) groups is 1. The van der Waals surface area contributed by atoms with Crippen LogP contribution in [0.15, 0.2) is 47.2 Å². The first-order chi connectivity index (χ1) is 12.3. The molecule has 26 heavy (non-hydrogen) atoms. The Labute approximate surface area is 163 Å². The Hall–Kier alpha value is -1.98. The van der Waals surface area contributed by atoms with Crippen molar-refractivity contribution in [3.05, 3.63) is 64.0 Å². The van der Waals surface area contributed by atoms with E-state index in [0.717, 1.165) is 21.1 Å². The molecule has 2 aromatic heterocycles. The monoisotopic (exact) mass is 384 g/mol. The third-order valence-electron chi connectivity index (χ3n) is 4.28. The second kappa shape index (κ2) is 7.72. The summed E-state index contributed by atoms with van der Waals surface area (Å²) in [4.78, 5) is 20.1. The van der Waals surface area contributed by atoms with Crippen molar-refractivity contribution < 1.29 is 4.79 Å². The fourth-order valence-electron chi connectivity index (χ4n) is 2.66. The number of hydrogen-bond donors (Lipinski definition) is 0. The molecule has 0 radical (unpaired) electrons. The molecule has 0 bridgehead atoms. The van der Waals surface area contributed by atoms with E-state index in [4.69, 9.17) is 0 Å². The van der Waals surface area contributed by atoms with Gasteiger partial charge in [-0.25, -0.2) is 4.98 Å². The normalized spacial score (nSPS) is 11.5. The van der Waals surface area contributed by atoms with Crippen LogP contribution >= 0.6 is 22.7 Å². The van der Waals surface area contributed by atoms with Crippen molar-refractivity contribution in [2.24, 2.45) is 0 Å². The summed E-state index contributed by atoms with van der Waals surface area (Å²) in [6, 6.07) is 12.6. The molecule has 0 aliphatic carbocycles. The first-order valence-corrected chi connectivity index (χ1v) is 10.4. The fraction of sp³-hybridized carbons (Fsp3) is 0.333. The number of thiazole rings is 1. The SMILES string of the molecule is CN(Cc1ccc(C(C)(C)C)cc1)C(=O)Cc1csc(-c2cccs2)n1. The van der Waals surface area contributed by atoms with Crippen molar-refractivity contribution in [2.45, 2.75) is 39.2 Å². The van der Waals surface area contributed by atoms with E-state index >= 15 is 0 Å². The lowest BCUT2D eigenvalue weighted by Crippen LogP contribution is -2.27. The van der Waals surface area contributed by atoms with Gasteiger partial charge in [-0.05, 0) is 28.0 Å². The van der Waals surface area contributed by atoms with Gasteiger partial charge < -0.3 is 4.90 Å². The van der Waals surface area contributed by atoms with E-state index < -0.39 is 0 Å². The summed E-state index contributed by atoms with van der Waals surface area (Å²) in [5.41, 5.74) is 3.44. The van der Waals surface area contributed by atoms with Gasteiger partial charge >= 0.3 is 0 Å². The molecule has 0 unspecified atom stereocenters. The average molecular weight is 385 g/mol. The molecule has 0 N–H and O–H groups in total. The maximum absolute atomic E-state index is 12.5. The summed E-state index contributed by atoms with van der Waals surface area (Å²) in [6.45, 7) is 7.23. The van der Waals surface area contributed by atoms with Crippen LogP contribution in [0.1, 0.15) is 37.6 Å². The summed E-state index contributed by atoms with van der Waals surface area (Å²) in [5, 5.41) is 5.02. The summed E-state index contributed by atoms with van der Waals surface area (Å²) < 4.78 is 0. The largest absolute Gasteiger partial charge is 0.341 e. The molecule has 5 heteroatoms. The first-order valence-electron chi connectivity index (χ1n) is 8.64. The zero-order valence-electron chi connectivity index (χ0n) is 15.7. The number of hydrogen-bond acceptors (Lipinski definition) is 4. The van der Waals surface area contributed by atoms with Gasteiger partial charge in [0.25, 0.3) is 0 Å². The molecule has 0 aliphatic rings. The Morgan fingerprint density at radius 3 is 2.46 bits per heavy atom. The number of nitrogens with zero attached hydrogens (tertiary/aromatic N) is 2. The highest BCUT2D eigenvalue weighted by molar-refractivity contribution is 7.20. The predicted molar refractivity (Wildman–Crippen MR) is 111 cm³/mol. The van der Waals surface area contributed by atoms with Gasteiger partial charge in [-0.3, -0.25) is 4.79 Å². The Morgan fingerprint density at radius 2 is 1.85 bits per heavy atom. The van der Waals surface area contributed by atoms with Gasteiger partial charge in [0.15, 0.2) is 0 Å². The first kappa shape index (κ1) is 18.8. The molecule has 0 aliphatic heterocycles. The molecule has 2 heterocycles. The van der Waals surface area contributed by atoms with Crippen molar-refractivity contribution in [1.82, 2.24) is 9.88 Å². The highest BCUT2D eigenvalue weighted by Crippen LogP contribution is 2.28. The van der Waals surface area contributed by atoms with Gasteiger partial charge in [0, 0.05) is 19.0 Å². The van der Waals surface area contributed by atoms with Gasteiger partial charge in [-0.2, -0.15) is 0 Å². The van der Waals surface area contributed by atoms with Crippen LogP contribution in [0.5, 0.6) is 0 Å². The Balaban J connectivity index is 1.59.